The number of nitrogens with one attached hydrogen (secondary N) is 1. The fourth-order valence-corrected chi connectivity index (χ4v) is 2.57. The first-order chi connectivity index (χ1) is 8.65. The molecule has 0 spiro atoms. The van der Waals surface area contributed by atoms with Crippen LogP contribution < -0.4 is 5.32 Å². The number of aryl methyl sites for hydroxylation is 2. The topological polar surface area (TPSA) is 54.9 Å². The molecule has 5 heteroatoms. The molecule has 0 unspecified atom stereocenters. The smallest absolute Gasteiger partial charge is 0.225 e. The van der Waals surface area contributed by atoms with Crippen LogP contribution in [0.25, 0.3) is 0 Å². The summed E-state index contributed by atoms with van der Waals surface area (Å²) in [4.78, 5) is 21.3. The molecule has 0 aliphatic rings. The molecule has 0 radical (unpaired) electrons. The number of carbonyl (C=O) groups is 1. The number of amides is 1. The van der Waals surface area contributed by atoms with Crippen LogP contribution in [-0.2, 0) is 17.8 Å². The molecule has 0 saturated carbocycles. The van der Waals surface area contributed by atoms with Crippen molar-refractivity contribution in [2.45, 2.75) is 26.8 Å². The molecule has 0 aliphatic heterocycles. The first-order valence-electron chi connectivity index (χ1n) is 5.74. The van der Waals surface area contributed by atoms with Crippen molar-refractivity contribution in [3.05, 3.63) is 45.7 Å². The zero-order valence-corrected chi connectivity index (χ0v) is 11.3. The van der Waals surface area contributed by atoms with Crippen molar-refractivity contribution >= 4 is 17.2 Å². The Bertz CT molecular complexity index is 536. The summed E-state index contributed by atoms with van der Waals surface area (Å²) in [5, 5.41) is 3.86. The number of nitrogens with zero attached hydrogens (tertiary/aromatic N) is 2. The minimum atomic E-state index is 0.00685. The van der Waals surface area contributed by atoms with Crippen LogP contribution in [0.15, 0.2) is 24.4 Å². The Hall–Kier alpha value is -1.75. The minimum Gasteiger partial charge on any atom is -0.350 e. The van der Waals surface area contributed by atoms with Crippen molar-refractivity contribution in [3.63, 3.8) is 0 Å². The molecule has 0 aromatic carbocycles. The number of rotatable bonds is 4. The number of hydrogen-bond acceptors (Lipinski definition) is 4. The van der Waals surface area contributed by atoms with E-state index in [2.05, 4.69) is 15.3 Å². The first kappa shape index (κ1) is 12.7. The molecule has 0 bridgehead atoms. The Labute approximate surface area is 110 Å². The zero-order valence-electron chi connectivity index (χ0n) is 10.4. The summed E-state index contributed by atoms with van der Waals surface area (Å²) in [5.74, 6) is 0.00685. The average Bonchev–Trinajstić information content (AvgIpc) is 2.67. The molecule has 18 heavy (non-hydrogen) atoms. The van der Waals surface area contributed by atoms with Gasteiger partial charge in [-0.15, -0.1) is 11.3 Å². The second-order valence-electron chi connectivity index (χ2n) is 4.02. The third-order valence-corrected chi connectivity index (χ3v) is 3.59. The maximum absolute atomic E-state index is 11.8. The van der Waals surface area contributed by atoms with Gasteiger partial charge in [0.15, 0.2) is 0 Å². The predicted octanol–water partition coefficient (Wildman–Crippen LogP) is 2.01. The Morgan fingerprint density at radius 2 is 2.22 bits per heavy atom. The normalized spacial score (nSPS) is 10.3. The van der Waals surface area contributed by atoms with E-state index in [9.17, 15) is 4.79 Å². The van der Waals surface area contributed by atoms with Gasteiger partial charge in [-0.25, -0.2) is 4.98 Å². The van der Waals surface area contributed by atoms with E-state index < -0.39 is 0 Å². The van der Waals surface area contributed by atoms with Crippen molar-refractivity contribution in [2.75, 3.05) is 0 Å². The van der Waals surface area contributed by atoms with Crippen LogP contribution in [-0.4, -0.2) is 15.9 Å². The van der Waals surface area contributed by atoms with Crippen LogP contribution in [0, 0.1) is 13.8 Å². The van der Waals surface area contributed by atoms with E-state index in [0.717, 1.165) is 21.3 Å². The fourth-order valence-electron chi connectivity index (χ4n) is 1.64. The summed E-state index contributed by atoms with van der Waals surface area (Å²) in [7, 11) is 0. The second kappa shape index (κ2) is 5.73. The molecule has 94 valence electrons. The summed E-state index contributed by atoms with van der Waals surface area (Å²) in [6.07, 6.45) is 2.11. The highest BCUT2D eigenvalue weighted by atomic mass is 32.1. The standard InChI is InChI=1S/C13H15N3OS/c1-9-12(18-10(2)16-9)7-13(17)15-8-11-5-3-4-6-14-11/h3-6H,7-8H2,1-2H3,(H,15,17). The van der Waals surface area contributed by atoms with E-state index in [-0.39, 0.29) is 5.91 Å². The SMILES string of the molecule is Cc1nc(C)c(CC(=O)NCc2ccccn2)s1. The molecule has 2 aromatic rings. The van der Waals surface area contributed by atoms with Crippen molar-refractivity contribution < 1.29 is 4.79 Å². The van der Waals surface area contributed by atoms with Gasteiger partial charge in [0.25, 0.3) is 0 Å². The summed E-state index contributed by atoms with van der Waals surface area (Å²) in [6, 6.07) is 5.66. The minimum absolute atomic E-state index is 0.00685. The summed E-state index contributed by atoms with van der Waals surface area (Å²) in [6.45, 7) is 4.36. The fraction of sp³-hybridized carbons (Fsp3) is 0.308. The molecule has 0 fully saturated rings. The van der Waals surface area contributed by atoms with Crippen LogP contribution >= 0.6 is 11.3 Å². The highest BCUT2D eigenvalue weighted by Gasteiger charge is 2.09. The van der Waals surface area contributed by atoms with Crippen LogP contribution in [0.2, 0.25) is 0 Å². The summed E-state index contributed by atoms with van der Waals surface area (Å²) < 4.78 is 0. The molecule has 1 N–H and O–H groups in total. The second-order valence-corrected chi connectivity index (χ2v) is 5.30. The molecule has 4 nitrogen and oxygen atoms in total. The Kier molecular flexibility index (Phi) is 4.04. The van der Waals surface area contributed by atoms with Crippen molar-refractivity contribution in [2.24, 2.45) is 0 Å². The van der Waals surface area contributed by atoms with Crippen LogP contribution in [0.4, 0.5) is 0 Å². The summed E-state index contributed by atoms with van der Waals surface area (Å²) >= 11 is 1.58. The van der Waals surface area contributed by atoms with Gasteiger partial charge in [-0.1, -0.05) is 6.07 Å². The lowest BCUT2D eigenvalue weighted by molar-refractivity contribution is -0.120. The third kappa shape index (κ3) is 3.37. The van der Waals surface area contributed by atoms with Gasteiger partial charge in [-0.2, -0.15) is 0 Å². The molecule has 2 rings (SSSR count). The number of aromatic nitrogens is 2. The van der Waals surface area contributed by atoms with Gasteiger partial charge in [0.05, 0.1) is 29.4 Å². The molecule has 0 saturated heterocycles. The van der Waals surface area contributed by atoms with E-state index in [1.54, 1.807) is 17.5 Å². The monoisotopic (exact) mass is 261 g/mol. The lowest BCUT2D eigenvalue weighted by Gasteiger charge is -2.03. The molecular formula is C13H15N3OS. The first-order valence-corrected chi connectivity index (χ1v) is 6.56. The Balaban J connectivity index is 1.88. The van der Waals surface area contributed by atoms with Gasteiger partial charge < -0.3 is 5.32 Å². The van der Waals surface area contributed by atoms with Gasteiger partial charge >= 0.3 is 0 Å². The Morgan fingerprint density at radius 3 is 2.83 bits per heavy atom. The van der Waals surface area contributed by atoms with E-state index >= 15 is 0 Å². The number of carbonyl (C=O) groups excluding carboxylic acids is 1. The Morgan fingerprint density at radius 1 is 1.39 bits per heavy atom. The number of thiazole rings is 1. The van der Waals surface area contributed by atoms with Crippen molar-refractivity contribution in [3.8, 4) is 0 Å². The van der Waals surface area contributed by atoms with Crippen LogP contribution in [0.1, 0.15) is 21.3 Å². The van der Waals surface area contributed by atoms with Gasteiger partial charge in [-0.05, 0) is 26.0 Å². The van der Waals surface area contributed by atoms with Gasteiger partial charge in [-0.3, -0.25) is 9.78 Å². The highest BCUT2D eigenvalue weighted by Crippen LogP contribution is 2.17. The van der Waals surface area contributed by atoms with Gasteiger partial charge in [0.2, 0.25) is 5.91 Å². The third-order valence-electron chi connectivity index (χ3n) is 2.51. The number of hydrogen-bond donors (Lipinski definition) is 1. The van der Waals surface area contributed by atoms with Gasteiger partial charge in [0, 0.05) is 11.1 Å². The lowest BCUT2D eigenvalue weighted by Crippen LogP contribution is -2.24. The molecule has 0 atom stereocenters. The van der Waals surface area contributed by atoms with E-state index in [1.165, 1.54) is 0 Å². The lowest BCUT2D eigenvalue weighted by atomic mass is 10.3. The molecular weight excluding hydrogens is 246 g/mol. The molecule has 0 aliphatic carbocycles. The van der Waals surface area contributed by atoms with Crippen molar-refractivity contribution in [1.82, 2.24) is 15.3 Å². The van der Waals surface area contributed by atoms with Gasteiger partial charge in [0.1, 0.15) is 0 Å². The van der Waals surface area contributed by atoms with Crippen LogP contribution in [0.3, 0.4) is 0 Å². The van der Waals surface area contributed by atoms with Crippen molar-refractivity contribution in [1.29, 1.82) is 0 Å². The molecule has 2 heterocycles. The zero-order chi connectivity index (χ0) is 13.0. The largest absolute Gasteiger partial charge is 0.350 e. The number of pyridine rings is 1. The molecule has 1 amide bonds. The quantitative estimate of drug-likeness (QED) is 0.916. The van der Waals surface area contributed by atoms with E-state index in [0.29, 0.717) is 13.0 Å². The maximum atomic E-state index is 11.8. The average molecular weight is 261 g/mol. The predicted molar refractivity (Wildman–Crippen MR) is 71.4 cm³/mol. The van der Waals surface area contributed by atoms with E-state index in [4.69, 9.17) is 0 Å². The summed E-state index contributed by atoms with van der Waals surface area (Å²) in [5.41, 5.74) is 1.81. The van der Waals surface area contributed by atoms with E-state index in [1.807, 2.05) is 32.0 Å². The highest BCUT2D eigenvalue weighted by molar-refractivity contribution is 7.11. The van der Waals surface area contributed by atoms with Crippen LogP contribution in [0.5, 0.6) is 0 Å². The molecule has 2 aromatic heterocycles. The maximum Gasteiger partial charge on any atom is 0.225 e.